The minimum Gasteiger partial charge on any atom is -0.357 e. The fourth-order valence-electron chi connectivity index (χ4n) is 1.46. The normalized spacial score (nSPS) is 9.56. The van der Waals surface area contributed by atoms with Crippen LogP contribution in [0.3, 0.4) is 0 Å². The summed E-state index contributed by atoms with van der Waals surface area (Å²) < 4.78 is 0. The number of nitriles is 1. The fourth-order valence-corrected chi connectivity index (χ4v) is 1.46. The molecule has 2 rings (SSSR count). The van der Waals surface area contributed by atoms with E-state index in [0.717, 1.165) is 11.5 Å². The largest absolute Gasteiger partial charge is 0.357 e. The first kappa shape index (κ1) is 11.8. The van der Waals surface area contributed by atoms with Gasteiger partial charge in [-0.2, -0.15) is 5.26 Å². The van der Waals surface area contributed by atoms with Gasteiger partial charge in [-0.1, -0.05) is 0 Å². The van der Waals surface area contributed by atoms with Crippen molar-refractivity contribution in [1.82, 2.24) is 15.0 Å². The van der Waals surface area contributed by atoms with Crippen LogP contribution in [-0.2, 0) is 0 Å². The zero-order valence-corrected chi connectivity index (χ0v) is 9.91. The van der Waals surface area contributed by atoms with E-state index in [2.05, 4.69) is 20.3 Å². The maximum Gasteiger partial charge on any atom is 0.138 e. The molecule has 0 fully saturated rings. The smallest absolute Gasteiger partial charge is 0.138 e. The monoisotopic (exact) mass is 240 g/mol. The highest BCUT2D eigenvalue weighted by molar-refractivity contribution is 5.60. The molecular weight excluding hydrogens is 228 g/mol. The highest BCUT2D eigenvalue weighted by Crippen LogP contribution is 2.21. The molecular formula is C12H12N6. The summed E-state index contributed by atoms with van der Waals surface area (Å²) in [6, 6.07) is 7.58. The minimum atomic E-state index is 0.218. The van der Waals surface area contributed by atoms with E-state index < -0.39 is 0 Å². The zero-order chi connectivity index (χ0) is 12.8. The van der Waals surface area contributed by atoms with Crippen LogP contribution in [0.15, 0.2) is 36.9 Å². The first-order valence-corrected chi connectivity index (χ1v) is 5.38. The van der Waals surface area contributed by atoms with E-state index >= 15 is 0 Å². The van der Waals surface area contributed by atoms with Crippen LogP contribution in [0.4, 0.5) is 17.3 Å². The van der Waals surface area contributed by atoms with E-state index in [-0.39, 0.29) is 6.54 Å². The molecule has 0 spiro atoms. The van der Waals surface area contributed by atoms with Crippen molar-refractivity contribution >= 4 is 17.3 Å². The van der Waals surface area contributed by atoms with Crippen LogP contribution in [0, 0.1) is 11.3 Å². The summed E-state index contributed by atoms with van der Waals surface area (Å²) in [5.41, 5.74) is 0.981. The second kappa shape index (κ2) is 5.59. The zero-order valence-electron chi connectivity index (χ0n) is 9.91. The molecule has 0 radical (unpaired) electrons. The molecule has 0 saturated heterocycles. The van der Waals surface area contributed by atoms with Gasteiger partial charge in [0.05, 0.1) is 6.07 Å². The first-order valence-electron chi connectivity index (χ1n) is 5.38. The van der Waals surface area contributed by atoms with Crippen molar-refractivity contribution in [2.24, 2.45) is 0 Å². The van der Waals surface area contributed by atoms with Gasteiger partial charge in [-0.3, -0.25) is 4.98 Å². The van der Waals surface area contributed by atoms with Gasteiger partial charge in [0.15, 0.2) is 0 Å². The molecule has 0 saturated carbocycles. The Morgan fingerprint density at radius 1 is 1.33 bits per heavy atom. The van der Waals surface area contributed by atoms with Gasteiger partial charge in [-0.25, -0.2) is 9.97 Å². The third-order valence-electron chi connectivity index (χ3n) is 2.39. The summed E-state index contributed by atoms with van der Waals surface area (Å²) in [6.45, 7) is 0.218. The van der Waals surface area contributed by atoms with Crippen LogP contribution in [0.1, 0.15) is 0 Å². The molecule has 0 aliphatic carbocycles. The summed E-state index contributed by atoms with van der Waals surface area (Å²) in [7, 11) is 1.91. The second-order valence-corrected chi connectivity index (χ2v) is 3.54. The molecule has 0 aliphatic rings. The van der Waals surface area contributed by atoms with Gasteiger partial charge in [0.25, 0.3) is 0 Å². The van der Waals surface area contributed by atoms with Crippen LogP contribution in [-0.4, -0.2) is 28.5 Å². The molecule has 6 nitrogen and oxygen atoms in total. The Morgan fingerprint density at radius 3 is 2.83 bits per heavy atom. The van der Waals surface area contributed by atoms with Crippen molar-refractivity contribution in [3.63, 3.8) is 0 Å². The molecule has 1 N–H and O–H groups in total. The summed E-state index contributed by atoms with van der Waals surface area (Å²) in [5.74, 6) is 1.37. The van der Waals surface area contributed by atoms with E-state index in [1.807, 2.05) is 30.1 Å². The predicted molar refractivity (Wildman–Crippen MR) is 68.4 cm³/mol. The number of hydrogen-bond acceptors (Lipinski definition) is 6. The van der Waals surface area contributed by atoms with Crippen molar-refractivity contribution < 1.29 is 0 Å². The topological polar surface area (TPSA) is 77.7 Å². The van der Waals surface area contributed by atoms with E-state index in [1.165, 1.54) is 6.33 Å². The molecule has 0 aliphatic heterocycles. The summed E-state index contributed by atoms with van der Waals surface area (Å²) in [5, 5.41) is 11.4. The molecule has 0 amide bonds. The van der Waals surface area contributed by atoms with Gasteiger partial charge in [0, 0.05) is 31.2 Å². The predicted octanol–water partition coefficient (Wildman–Crippen LogP) is 1.57. The van der Waals surface area contributed by atoms with Crippen LogP contribution >= 0.6 is 0 Å². The maximum absolute atomic E-state index is 8.51. The average molecular weight is 240 g/mol. The Balaban J connectivity index is 2.21. The summed E-state index contributed by atoms with van der Waals surface area (Å²) in [6.07, 6.45) is 4.91. The number of pyridine rings is 1. The van der Waals surface area contributed by atoms with Crippen molar-refractivity contribution in [1.29, 1.82) is 5.26 Å². The van der Waals surface area contributed by atoms with Gasteiger partial charge in [0.2, 0.25) is 0 Å². The summed E-state index contributed by atoms with van der Waals surface area (Å²) >= 11 is 0. The molecule has 0 bridgehead atoms. The van der Waals surface area contributed by atoms with Crippen LogP contribution in [0.2, 0.25) is 0 Å². The molecule has 18 heavy (non-hydrogen) atoms. The lowest BCUT2D eigenvalue weighted by Gasteiger charge is -2.18. The van der Waals surface area contributed by atoms with Crippen molar-refractivity contribution in [3.8, 4) is 6.07 Å². The van der Waals surface area contributed by atoms with Crippen LogP contribution < -0.4 is 10.2 Å². The third-order valence-corrected chi connectivity index (χ3v) is 2.39. The van der Waals surface area contributed by atoms with Crippen LogP contribution in [0.25, 0.3) is 0 Å². The van der Waals surface area contributed by atoms with Crippen molar-refractivity contribution in [2.75, 3.05) is 23.8 Å². The van der Waals surface area contributed by atoms with E-state index in [0.29, 0.717) is 5.82 Å². The molecule has 0 atom stereocenters. The van der Waals surface area contributed by atoms with E-state index in [4.69, 9.17) is 5.26 Å². The minimum absolute atomic E-state index is 0.218. The average Bonchev–Trinajstić information content (AvgIpc) is 2.45. The number of anilines is 3. The van der Waals surface area contributed by atoms with Gasteiger partial charge in [-0.05, 0) is 12.1 Å². The number of rotatable bonds is 4. The Kier molecular flexibility index (Phi) is 3.66. The van der Waals surface area contributed by atoms with Crippen molar-refractivity contribution in [2.45, 2.75) is 0 Å². The standard InChI is InChI=1S/C12H12N6/c1-18(10-2-5-14-6-3-10)12-8-11(15-7-4-13)16-9-17-12/h2-3,5-6,8-9H,7H2,1H3,(H,15,16,17). The Hall–Kier alpha value is -2.68. The molecule has 90 valence electrons. The molecule has 2 aromatic heterocycles. The molecule has 0 aromatic carbocycles. The van der Waals surface area contributed by atoms with Crippen molar-refractivity contribution in [3.05, 3.63) is 36.9 Å². The molecule has 6 heteroatoms. The first-order chi connectivity index (χ1) is 8.81. The van der Waals surface area contributed by atoms with Gasteiger partial charge in [0.1, 0.15) is 24.5 Å². The van der Waals surface area contributed by atoms with Gasteiger partial charge in [-0.15, -0.1) is 0 Å². The van der Waals surface area contributed by atoms with Gasteiger partial charge < -0.3 is 10.2 Å². The molecule has 0 unspecified atom stereocenters. The Labute approximate surface area is 105 Å². The van der Waals surface area contributed by atoms with Crippen LogP contribution in [0.5, 0.6) is 0 Å². The summed E-state index contributed by atoms with van der Waals surface area (Å²) in [4.78, 5) is 14.1. The third kappa shape index (κ3) is 2.71. The lowest BCUT2D eigenvalue weighted by molar-refractivity contribution is 1.07. The molecule has 2 heterocycles. The lowest BCUT2D eigenvalue weighted by atomic mass is 10.3. The Morgan fingerprint density at radius 2 is 2.11 bits per heavy atom. The number of aromatic nitrogens is 3. The fraction of sp³-hybridized carbons (Fsp3) is 0.167. The van der Waals surface area contributed by atoms with E-state index in [1.54, 1.807) is 18.5 Å². The Bertz CT molecular complexity index is 548. The lowest BCUT2D eigenvalue weighted by Crippen LogP contribution is -2.12. The highest BCUT2D eigenvalue weighted by Gasteiger charge is 2.06. The van der Waals surface area contributed by atoms with E-state index in [9.17, 15) is 0 Å². The SMILES string of the molecule is CN(c1ccncc1)c1cc(NCC#N)ncn1. The molecule has 2 aromatic rings. The quantitative estimate of drug-likeness (QED) is 0.817. The maximum atomic E-state index is 8.51. The second-order valence-electron chi connectivity index (χ2n) is 3.54. The van der Waals surface area contributed by atoms with Gasteiger partial charge >= 0.3 is 0 Å². The number of nitrogens with one attached hydrogen (secondary N) is 1. The highest BCUT2D eigenvalue weighted by atomic mass is 15.2. The number of hydrogen-bond donors (Lipinski definition) is 1. The number of nitrogens with zero attached hydrogens (tertiary/aromatic N) is 5.